The smallest absolute Gasteiger partial charge is 0.306 e. The van der Waals surface area contributed by atoms with Gasteiger partial charge < -0.3 is 14.2 Å². The van der Waals surface area contributed by atoms with Gasteiger partial charge in [-0.05, 0) is 109 Å². The van der Waals surface area contributed by atoms with Crippen LogP contribution in [0.3, 0.4) is 0 Å². The van der Waals surface area contributed by atoms with Crippen LogP contribution in [0.5, 0.6) is 0 Å². The second-order valence-corrected chi connectivity index (χ2v) is 21.7. The minimum atomic E-state index is -0.782. The SMILES string of the molecule is CCCCC/C=C\CCCCCCCC(=O)OCC(COC(=O)CCCCCCCCCC/C=C\C/C=C\C/C=C\CCCCCCC)OC(=O)CCCCCCCCCCC/C=C\CCCCCCCCCC. The Balaban J connectivity index is 4.31. The molecule has 0 aromatic carbocycles. The number of carbonyl (C=O) groups is 3. The van der Waals surface area contributed by atoms with Gasteiger partial charge in [-0.1, -0.05) is 268 Å². The van der Waals surface area contributed by atoms with E-state index >= 15 is 0 Å². The summed E-state index contributed by atoms with van der Waals surface area (Å²) in [7, 11) is 0. The third-order valence-electron chi connectivity index (χ3n) is 14.2. The van der Waals surface area contributed by atoms with Crippen molar-refractivity contribution in [1.82, 2.24) is 0 Å². The fourth-order valence-corrected chi connectivity index (χ4v) is 9.32. The predicted molar refractivity (Wildman–Crippen MR) is 321 cm³/mol. The number of ether oxygens (including phenoxy) is 3. The van der Waals surface area contributed by atoms with Crippen LogP contribution in [-0.4, -0.2) is 37.2 Å². The number of esters is 3. The maximum Gasteiger partial charge on any atom is 0.306 e. The second-order valence-electron chi connectivity index (χ2n) is 21.7. The molecular weight excluding hydrogens is 913 g/mol. The molecule has 6 nitrogen and oxygen atoms in total. The maximum absolute atomic E-state index is 12.9. The van der Waals surface area contributed by atoms with Gasteiger partial charge in [0.05, 0.1) is 0 Å². The number of hydrogen-bond donors (Lipinski definition) is 0. The van der Waals surface area contributed by atoms with Crippen LogP contribution in [0.2, 0.25) is 0 Å². The fraction of sp³-hybridized carbons (Fsp3) is 0.809. The molecule has 0 aromatic heterocycles. The van der Waals surface area contributed by atoms with E-state index in [4.69, 9.17) is 14.2 Å². The molecule has 0 rings (SSSR count). The highest BCUT2D eigenvalue weighted by molar-refractivity contribution is 5.71. The standard InChI is InChI=1S/C68H122O6/c1-4-7-10-13-16-19-22-25-27-29-31-33-34-36-37-39-41-43-46-49-52-55-58-61-67(70)73-64-65(63-72-66(69)60-57-54-51-48-45-24-21-18-15-12-9-6-3)74-68(71)62-59-56-53-50-47-44-42-40-38-35-32-30-28-26-23-20-17-14-11-8-5-2/h18,21-22,25,29-32,34,36,65H,4-17,19-20,23-24,26-28,33,35,37-64H2,1-3H3/b21-18-,25-22-,31-29-,32-30-,36-34-. The Morgan fingerprint density at radius 1 is 0.270 bits per heavy atom. The summed E-state index contributed by atoms with van der Waals surface area (Å²) in [5.74, 6) is -0.882. The summed E-state index contributed by atoms with van der Waals surface area (Å²) in [4.78, 5) is 38.3. The molecule has 6 heteroatoms. The summed E-state index contributed by atoms with van der Waals surface area (Å²) >= 11 is 0. The lowest BCUT2D eigenvalue weighted by Crippen LogP contribution is -2.30. The average Bonchev–Trinajstić information content (AvgIpc) is 3.40. The molecule has 1 atom stereocenters. The first-order chi connectivity index (χ1) is 36.5. The van der Waals surface area contributed by atoms with Crippen molar-refractivity contribution in [3.63, 3.8) is 0 Å². The molecule has 0 heterocycles. The summed E-state index contributed by atoms with van der Waals surface area (Å²) < 4.78 is 16.9. The Morgan fingerprint density at radius 3 is 0.797 bits per heavy atom. The largest absolute Gasteiger partial charge is 0.462 e. The van der Waals surface area contributed by atoms with E-state index in [1.165, 1.54) is 212 Å². The molecule has 0 aromatic rings. The van der Waals surface area contributed by atoms with Gasteiger partial charge in [-0.25, -0.2) is 0 Å². The fourth-order valence-electron chi connectivity index (χ4n) is 9.32. The van der Waals surface area contributed by atoms with Crippen LogP contribution in [-0.2, 0) is 28.6 Å². The highest BCUT2D eigenvalue weighted by Gasteiger charge is 2.19. The highest BCUT2D eigenvalue weighted by atomic mass is 16.6. The van der Waals surface area contributed by atoms with Crippen LogP contribution in [0.1, 0.15) is 335 Å². The summed E-state index contributed by atoms with van der Waals surface area (Å²) in [6, 6.07) is 0. The molecule has 0 N–H and O–H groups in total. The molecule has 0 saturated heterocycles. The first kappa shape index (κ1) is 71.1. The van der Waals surface area contributed by atoms with Crippen LogP contribution < -0.4 is 0 Å². The number of hydrogen-bond acceptors (Lipinski definition) is 6. The lowest BCUT2D eigenvalue weighted by atomic mass is 10.1. The van der Waals surface area contributed by atoms with Crippen LogP contribution in [0, 0.1) is 0 Å². The van der Waals surface area contributed by atoms with Crippen LogP contribution >= 0.6 is 0 Å². The van der Waals surface area contributed by atoms with Crippen molar-refractivity contribution < 1.29 is 28.6 Å². The summed E-state index contributed by atoms with van der Waals surface area (Å²) in [6.45, 7) is 6.63. The molecule has 0 saturated carbocycles. The van der Waals surface area contributed by atoms with Crippen molar-refractivity contribution in [3.05, 3.63) is 60.8 Å². The van der Waals surface area contributed by atoms with Crippen LogP contribution in [0.25, 0.3) is 0 Å². The third-order valence-corrected chi connectivity index (χ3v) is 14.2. The molecule has 0 aliphatic rings. The molecule has 430 valence electrons. The van der Waals surface area contributed by atoms with Crippen molar-refractivity contribution >= 4 is 17.9 Å². The Kier molecular flexibility index (Phi) is 60.2. The van der Waals surface area contributed by atoms with Gasteiger partial charge in [0.2, 0.25) is 0 Å². The highest BCUT2D eigenvalue weighted by Crippen LogP contribution is 2.16. The lowest BCUT2D eigenvalue weighted by molar-refractivity contribution is -0.167. The minimum absolute atomic E-state index is 0.0800. The molecule has 0 spiro atoms. The molecular formula is C68H122O6. The average molecular weight is 1040 g/mol. The number of rotatable bonds is 59. The van der Waals surface area contributed by atoms with E-state index in [1.807, 2.05) is 0 Å². The zero-order chi connectivity index (χ0) is 53.6. The molecule has 1 unspecified atom stereocenters. The summed E-state index contributed by atoms with van der Waals surface area (Å²) in [5.41, 5.74) is 0. The van der Waals surface area contributed by atoms with Crippen LogP contribution in [0.4, 0.5) is 0 Å². The van der Waals surface area contributed by atoms with Gasteiger partial charge in [0.15, 0.2) is 6.10 Å². The van der Waals surface area contributed by atoms with Gasteiger partial charge in [0, 0.05) is 19.3 Å². The Hall–Kier alpha value is -2.89. The normalized spacial score (nSPS) is 12.4. The van der Waals surface area contributed by atoms with E-state index in [0.29, 0.717) is 19.3 Å². The first-order valence-corrected chi connectivity index (χ1v) is 32.3. The van der Waals surface area contributed by atoms with Crippen molar-refractivity contribution in [2.45, 2.75) is 341 Å². The topological polar surface area (TPSA) is 78.9 Å². The molecule has 0 radical (unpaired) electrons. The number of allylic oxidation sites excluding steroid dienone is 10. The second kappa shape index (κ2) is 62.6. The number of unbranched alkanes of at least 4 members (excludes halogenated alkanes) is 38. The van der Waals surface area contributed by atoms with Crippen molar-refractivity contribution in [1.29, 1.82) is 0 Å². The number of carbonyl (C=O) groups excluding carboxylic acids is 3. The predicted octanol–water partition coefficient (Wildman–Crippen LogP) is 21.9. The zero-order valence-electron chi connectivity index (χ0n) is 49.4. The van der Waals surface area contributed by atoms with E-state index < -0.39 is 6.10 Å². The first-order valence-electron chi connectivity index (χ1n) is 32.3. The third kappa shape index (κ3) is 60.0. The molecule has 0 amide bonds. The van der Waals surface area contributed by atoms with Crippen molar-refractivity contribution in [2.75, 3.05) is 13.2 Å². The van der Waals surface area contributed by atoms with Gasteiger partial charge in [-0.15, -0.1) is 0 Å². The molecule has 0 aliphatic heterocycles. The van der Waals surface area contributed by atoms with E-state index in [-0.39, 0.29) is 31.1 Å². The molecule has 0 fully saturated rings. The van der Waals surface area contributed by atoms with Crippen molar-refractivity contribution in [2.24, 2.45) is 0 Å². The van der Waals surface area contributed by atoms with Gasteiger partial charge in [-0.2, -0.15) is 0 Å². The summed E-state index contributed by atoms with van der Waals surface area (Å²) in [5, 5.41) is 0. The van der Waals surface area contributed by atoms with E-state index in [9.17, 15) is 14.4 Å². The molecule has 0 bridgehead atoms. The van der Waals surface area contributed by atoms with Gasteiger partial charge in [0.1, 0.15) is 13.2 Å². The van der Waals surface area contributed by atoms with E-state index in [1.54, 1.807) is 0 Å². The summed E-state index contributed by atoms with van der Waals surface area (Å²) in [6.07, 6.45) is 79.4. The Morgan fingerprint density at radius 2 is 0.486 bits per heavy atom. The monoisotopic (exact) mass is 1030 g/mol. The van der Waals surface area contributed by atoms with Gasteiger partial charge in [0.25, 0.3) is 0 Å². The molecule has 74 heavy (non-hydrogen) atoms. The maximum atomic E-state index is 12.9. The van der Waals surface area contributed by atoms with E-state index in [0.717, 1.165) is 83.5 Å². The van der Waals surface area contributed by atoms with Gasteiger partial charge >= 0.3 is 17.9 Å². The van der Waals surface area contributed by atoms with Crippen LogP contribution in [0.15, 0.2) is 60.8 Å². The van der Waals surface area contributed by atoms with Crippen molar-refractivity contribution in [3.8, 4) is 0 Å². The van der Waals surface area contributed by atoms with E-state index in [2.05, 4.69) is 81.5 Å². The quantitative estimate of drug-likeness (QED) is 0.0261. The lowest BCUT2D eigenvalue weighted by Gasteiger charge is -2.18. The Bertz CT molecular complexity index is 1330. The minimum Gasteiger partial charge on any atom is -0.462 e. The Labute approximate surface area is 460 Å². The van der Waals surface area contributed by atoms with Gasteiger partial charge in [-0.3, -0.25) is 14.4 Å². The zero-order valence-corrected chi connectivity index (χ0v) is 49.4. The molecule has 0 aliphatic carbocycles.